The van der Waals surface area contributed by atoms with Crippen LogP contribution in [0.15, 0.2) is 0 Å². The number of hydrogen-bond donors (Lipinski definition) is 1. The fraction of sp³-hybridized carbons (Fsp3) is 0.923. The Labute approximate surface area is 110 Å². The second-order valence-electron chi connectivity index (χ2n) is 4.56. The van der Waals surface area contributed by atoms with Gasteiger partial charge in [0.15, 0.2) is 0 Å². The molecule has 5 heteroatoms. The number of nitrogens with zero attached hydrogens (tertiary/aromatic N) is 1. The van der Waals surface area contributed by atoms with Gasteiger partial charge in [0.1, 0.15) is 5.54 Å². The van der Waals surface area contributed by atoms with E-state index in [9.17, 15) is 4.79 Å². The largest absolute Gasteiger partial charge is 0.465 e. The lowest BCUT2D eigenvalue weighted by molar-refractivity contribution is -0.151. The number of hydrogen-bond acceptors (Lipinski definition) is 5. The lowest BCUT2D eigenvalue weighted by atomic mass is 9.99. The molecule has 0 bridgehead atoms. The van der Waals surface area contributed by atoms with E-state index in [-0.39, 0.29) is 5.97 Å². The lowest BCUT2D eigenvalue weighted by Crippen LogP contribution is -2.55. The minimum Gasteiger partial charge on any atom is -0.465 e. The second-order valence-corrected chi connectivity index (χ2v) is 4.56. The number of likely N-dealkylation sites (N-methyl/N-ethyl adjacent to an activating group) is 1. The van der Waals surface area contributed by atoms with Crippen LogP contribution in [-0.2, 0) is 14.3 Å². The fourth-order valence-corrected chi connectivity index (χ4v) is 2.20. The SMILES string of the molecule is CCOC(=O)C1(NCCN(CC)CC)CCOC1. The van der Waals surface area contributed by atoms with E-state index in [4.69, 9.17) is 9.47 Å². The molecule has 0 aromatic carbocycles. The maximum atomic E-state index is 12.0. The molecular formula is C13H26N2O3. The van der Waals surface area contributed by atoms with Gasteiger partial charge in [-0.2, -0.15) is 0 Å². The predicted octanol–water partition coefficient (Wildman–Crippen LogP) is 0.640. The van der Waals surface area contributed by atoms with Crippen molar-refractivity contribution >= 4 is 5.97 Å². The molecule has 1 aliphatic heterocycles. The maximum absolute atomic E-state index is 12.0. The highest BCUT2D eigenvalue weighted by molar-refractivity contribution is 5.81. The molecule has 0 aromatic heterocycles. The zero-order valence-electron chi connectivity index (χ0n) is 11.8. The van der Waals surface area contributed by atoms with Crippen molar-refractivity contribution in [1.29, 1.82) is 0 Å². The van der Waals surface area contributed by atoms with E-state index < -0.39 is 5.54 Å². The Hall–Kier alpha value is -0.650. The number of ether oxygens (including phenoxy) is 2. The summed E-state index contributed by atoms with van der Waals surface area (Å²) >= 11 is 0. The third-order valence-electron chi connectivity index (χ3n) is 3.47. The summed E-state index contributed by atoms with van der Waals surface area (Å²) in [5.74, 6) is -0.179. The molecule has 0 amide bonds. The fourth-order valence-electron chi connectivity index (χ4n) is 2.20. The minimum absolute atomic E-state index is 0.179. The minimum atomic E-state index is -0.622. The van der Waals surface area contributed by atoms with E-state index in [1.807, 2.05) is 6.92 Å². The molecule has 1 unspecified atom stereocenters. The van der Waals surface area contributed by atoms with Gasteiger partial charge >= 0.3 is 5.97 Å². The first kappa shape index (κ1) is 15.4. The molecule has 1 aliphatic rings. The molecule has 1 rings (SSSR count). The molecule has 1 N–H and O–H groups in total. The van der Waals surface area contributed by atoms with Crippen molar-refractivity contribution < 1.29 is 14.3 Å². The van der Waals surface area contributed by atoms with Crippen LogP contribution in [0.25, 0.3) is 0 Å². The summed E-state index contributed by atoms with van der Waals surface area (Å²) < 4.78 is 10.5. The van der Waals surface area contributed by atoms with Crippen molar-refractivity contribution in [3.05, 3.63) is 0 Å². The van der Waals surface area contributed by atoms with Crippen molar-refractivity contribution in [3.8, 4) is 0 Å². The van der Waals surface area contributed by atoms with E-state index in [1.165, 1.54) is 0 Å². The van der Waals surface area contributed by atoms with E-state index in [2.05, 4.69) is 24.1 Å². The second kappa shape index (κ2) is 7.71. The number of carbonyl (C=O) groups excluding carboxylic acids is 1. The molecule has 18 heavy (non-hydrogen) atoms. The molecule has 1 fully saturated rings. The van der Waals surface area contributed by atoms with Crippen LogP contribution in [0.5, 0.6) is 0 Å². The lowest BCUT2D eigenvalue weighted by Gasteiger charge is -2.28. The van der Waals surface area contributed by atoms with Crippen molar-refractivity contribution in [1.82, 2.24) is 10.2 Å². The standard InChI is InChI=1S/C13H26N2O3/c1-4-15(5-2)9-8-14-13(7-10-17-11-13)12(16)18-6-3/h14H,4-11H2,1-3H3. The third kappa shape index (κ3) is 3.93. The van der Waals surface area contributed by atoms with Crippen LogP contribution in [0.3, 0.4) is 0 Å². The molecule has 106 valence electrons. The number of esters is 1. The van der Waals surface area contributed by atoms with Gasteiger partial charge in [-0.05, 0) is 20.0 Å². The Morgan fingerprint density at radius 3 is 2.61 bits per heavy atom. The Morgan fingerprint density at radius 1 is 1.39 bits per heavy atom. The summed E-state index contributed by atoms with van der Waals surface area (Å²) in [7, 11) is 0. The Morgan fingerprint density at radius 2 is 2.11 bits per heavy atom. The van der Waals surface area contributed by atoms with Gasteiger partial charge < -0.3 is 14.4 Å². The number of rotatable bonds is 8. The first-order valence-corrected chi connectivity index (χ1v) is 6.90. The normalized spacial score (nSPS) is 23.6. The summed E-state index contributed by atoms with van der Waals surface area (Å²) in [5, 5.41) is 3.34. The van der Waals surface area contributed by atoms with Crippen LogP contribution in [0, 0.1) is 0 Å². The van der Waals surface area contributed by atoms with E-state index >= 15 is 0 Å². The van der Waals surface area contributed by atoms with E-state index in [0.717, 1.165) is 26.2 Å². The van der Waals surface area contributed by atoms with Crippen LogP contribution in [0.4, 0.5) is 0 Å². The predicted molar refractivity (Wildman–Crippen MR) is 70.6 cm³/mol. The van der Waals surface area contributed by atoms with Gasteiger partial charge in [0.25, 0.3) is 0 Å². The highest BCUT2D eigenvalue weighted by Gasteiger charge is 2.43. The summed E-state index contributed by atoms with van der Waals surface area (Å²) in [6.45, 7) is 11.4. The Bertz CT molecular complexity index is 249. The molecule has 1 heterocycles. The van der Waals surface area contributed by atoms with E-state index in [1.54, 1.807) is 0 Å². The van der Waals surface area contributed by atoms with Crippen molar-refractivity contribution in [2.75, 3.05) is 46.0 Å². The van der Waals surface area contributed by atoms with Crippen molar-refractivity contribution in [2.45, 2.75) is 32.7 Å². The smallest absolute Gasteiger partial charge is 0.328 e. The van der Waals surface area contributed by atoms with Gasteiger partial charge in [-0.15, -0.1) is 0 Å². The van der Waals surface area contributed by atoms with E-state index in [0.29, 0.717) is 26.2 Å². The topological polar surface area (TPSA) is 50.8 Å². The van der Waals surface area contributed by atoms with Crippen LogP contribution in [-0.4, -0.2) is 62.4 Å². The van der Waals surface area contributed by atoms with Gasteiger partial charge in [-0.3, -0.25) is 5.32 Å². The molecule has 0 spiro atoms. The van der Waals surface area contributed by atoms with Crippen molar-refractivity contribution in [2.24, 2.45) is 0 Å². The third-order valence-corrected chi connectivity index (χ3v) is 3.47. The van der Waals surface area contributed by atoms with Crippen LogP contribution in [0.1, 0.15) is 27.2 Å². The molecule has 1 atom stereocenters. The zero-order valence-corrected chi connectivity index (χ0v) is 11.8. The monoisotopic (exact) mass is 258 g/mol. The van der Waals surface area contributed by atoms with Gasteiger partial charge in [0.2, 0.25) is 0 Å². The molecule has 0 aliphatic carbocycles. The Kier molecular flexibility index (Phi) is 6.60. The summed E-state index contributed by atoms with van der Waals surface area (Å²) in [4.78, 5) is 14.3. The van der Waals surface area contributed by atoms with Gasteiger partial charge in [-0.25, -0.2) is 4.79 Å². The molecular weight excluding hydrogens is 232 g/mol. The zero-order chi connectivity index (χ0) is 13.4. The molecule has 1 saturated heterocycles. The highest BCUT2D eigenvalue weighted by atomic mass is 16.5. The first-order valence-electron chi connectivity index (χ1n) is 6.90. The van der Waals surface area contributed by atoms with Gasteiger partial charge in [0, 0.05) is 26.1 Å². The quantitative estimate of drug-likeness (QED) is 0.648. The summed E-state index contributed by atoms with van der Waals surface area (Å²) in [6, 6.07) is 0. The molecule has 0 saturated carbocycles. The average molecular weight is 258 g/mol. The van der Waals surface area contributed by atoms with Crippen LogP contribution < -0.4 is 5.32 Å². The highest BCUT2D eigenvalue weighted by Crippen LogP contribution is 2.20. The number of nitrogens with one attached hydrogen (secondary N) is 1. The summed E-state index contributed by atoms with van der Waals surface area (Å²) in [5.41, 5.74) is -0.622. The van der Waals surface area contributed by atoms with Crippen LogP contribution in [0.2, 0.25) is 0 Å². The van der Waals surface area contributed by atoms with Crippen LogP contribution >= 0.6 is 0 Å². The number of carbonyl (C=O) groups is 1. The molecule has 5 nitrogen and oxygen atoms in total. The van der Waals surface area contributed by atoms with Gasteiger partial charge in [0.05, 0.1) is 13.2 Å². The molecule has 0 radical (unpaired) electrons. The molecule has 0 aromatic rings. The van der Waals surface area contributed by atoms with Gasteiger partial charge in [-0.1, -0.05) is 13.8 Å². The summed E-state index contributed by atoms with van der Waals surface area (Å²) in [6.07, 6.45) is 0.698. The Balaban J connectivity index is 2.45. The first-order chi connectivity index (χ1) is 8.68. The van der Waals surface area contributed by atoms with Crippen molar-refractivity contribution in [3.63, 3.8) is 0 Å². The average Bonchev–Trinajstić information content (AvgIpc) is 2.85. The maximum Gasteiger partial charge on any atom is 0.328 e.